The quantitative estimate of drug-likeness (QED) is 0.875. The minimum Gasteiger partial charge on any atom is -0.348 e. The van der Waals surface area contributed by atoms with Crippen molar-refractivity contribution in [3.8, 4) is 0 Å². The Hall–Kier alpha value is -1.43. The summed E-state index contributed by atoms with van der Waals surface area (Å²) in [6, 6.07) is 5.28. The Morgan fingerprint density at radius 1 is 1.50 bits per heavy atom. The van der Waals surface area contributed by atoms with Crippen LogP contribution in [-0.4, -0.2) is 30.8 Å². The summed E-state index contributed by atoms with van der Waals surface area (Å²) in [5, 5.41) is 2.81. The third kappa shape index (κ3) is 3.07. The van der Waals surface area contributed by atoms with Crippen molar-refractivity contribution < 1.29 is 13.2 Å². The monoisotopic (exact) mass is 268 g/mol. The first kappa shape index (κ1) is 13.0. The van der Waals surface area contributed by atoms with Crippen molar-refractivity contribution in [3.05, 3.63) is 30.1 Å². The van der Waals surface area contributed by atoms with Crippen molar-refractivity contribution in [2.24, 2.45) is 5.92 Å². The second-order valence-electron chi connectivity index (χ2n) is 4.58. The Morgan fingerprint density at radius 3 is 2.83 bits per heavy atom. The van der Waals surface area contributed by atoms with Crippen LogP contribution in [0.1, 0.15) is 25.1 Å². The smallest absolute Gasteiger partial charge is 0.224 e. The van der Waals surface area contributed by atoms with Crippen LogP contribution < -0.4 is 5.32 Å². The third-order valence-corrected chi connectivity index (χ3v) is 4.86. The normalized spacial score (nSPS) is 23.5. The molecule has 0 aromatic carbocycles. The highest BCUT2D eigenvalue weighted by molar-refractivity contribution is 7.91. The molecule has 0 unspecified atom stereocenters. The molecule has 6 heteroatoms. The van der Waals surface area contributed by atoms with Crippen LogP contribution >= 0.6 is 0 Å². The van der Waals surface area contributed by atoms with Gasteiger partial charge in [-0.25, -0.2) is 8.42 Å². The van der Waals surface area contributed by atoms with Gasteiger partial charge >= 0.3 is 0 Å². The maximum Gasteiger partial charge on any atom is 0.224 e. The molecule has 1 aromatic rings. The van der Waals surface area contributed by atoms with Gasteiger partial charge < -0.3 is 5.32 Å². The van der Waals surface area contributed by atoms with E-state index in [1.165, 1.54) is 0 Å². The fraction of sp³-hybridized carbons (Fsp3) is 0.500. The van der Waals surface area contributed by atoms with E-state index in [1.807, 2.05) is 25.1 Å². The van der Waals surface area contributed by atoms with Crippen molar-refractivity contribution in [2.45, 2.75) is 19.4 Å². The van der Waals surface area contributed by atoms with Crippen molar-refractivity contribution >= 4 is 15.7 Å². The van der Waals surface area contributed by atoms with Gasteiger partial charge in [-0.2, -0.15) is 0 Å². The van der Waals surface area contributed by atoms with Crippen molar-refractivity contribution in [3.63, 3.8) is 0 Å². The van der Waals surface area contributed by atoms with Gasteiger partial charge in [-0.1, -0.05) is 6.07 Å². The molecule has 2 atom stereocenters. The van der Waals surface area contributed by atoms with E-state index in [4.69, 9.17) is 0 Å². The van der Waals surface area contributed by atoms with Crippen molar-refractivity contribution in [2.75, 3.05) is 11.5 Å². The average molecular weight is 268 g/mol. The fourth-order valence-electron chi connectivity index (χ4n) is 2.04. The number of aromatic nitrogens is 1. The molecule has 98 valence electrons. The Labute approximate surface area is 107 Å². The van der Waals surface area contributed by atoms with E-state index in [0.29, 0.717) is 6.42 Å². The number of hydrogen-bond acceptors (Lipinski definition) is 4. The van der Waals surface area contributed by atoms with E-state index in [-0.39, 0.29) is 23.5 Å². The number of rotatable bonds is 3. The number of nitrogens with one attached hydrogen (secondary N) is 1. The minimum absolute atomic E-state index is 0.0340. The van der Waals surface area contributed by atoms with Crippen LogP contribution in [0.2, 0.25) is 0 Å². The molecule has 18 heavy (non-hydrogen) atoms. The van der Waals surface area contributed by atoms with Crippen LogP contribution in [0.3, 0.4) is 0 Å². The second kappa shape index (κ2) is 5.06. The van der Waals surface area contributed by atoms with Gasteiger partial charge in [0.05, 0.1) is 29.2 Å². The summed E-state index contributed by atoms with van der Waals surface area (Å²) in [5.74, 6) is -0.535. The first-order chi connectivity index (χ1) is 8.48. The van der Waals surface area contributed by atoms with E-state index in [2.05, 4.69) is 10.3 Å². The molecule has 0 aliphatic carbocycles. The van der Waals surface area contributed by atoms with Gasteiger partial charge in [0.1, 0.15) is 0 Å². The lowest BCUT2D eigenvalue weighted by Gasteiger charge is -2.15. The summed E-state index contributed by atoms with van der Waals surface area (Å²) in [6.07, 6.45) is 2.08. The number of pyridine rings is 1. The van der Waals surface area contributed by atoms with Gasteiger partial charge in [0, 0.05) is 6.20 Å². The standard InChI is InChI=1S/C12H16N2O3S/c1-9(11-4-2-3-6-13-11)14-12(15)10-5-7-18(16,17)8-10/h2-4,6,9-10H,5,7-8H2,1H3,(H,14,15)/t9-,10-/m1/s1. The molecular formula is C12H16N2O3S. The largest absolute Gasteiger partial charge is 0.348 e. The molecule has 2 heterocycles. The predicted octanol–water partition coefficient (Wildman–Crippen LogP) is 0.693. The molecular weight excluding hydrogens is 252 g/mol. The van der Waals surface area contributed by atoms with Crippen LogP contribution in [0, 0.1) is 5.92 Å². The van der Waals surface area contributed by atoms with E-state index in [0.717, 1.165) is 5.69 Å². The average Bonchev–Trinajstić information content (AvgIpc) is 2.71. The zero-order valence-corrected chi connectivity index (χ0v) is 11.0. The number of carbonyl (C=O) groups excluding carboxylic acids is 1. The van der Waals surface area contributed by atoms with E-state index in [9.17, 15) is 13.2 Å². The molecule has 1 amide bonds. The molecule has 5 nitrogen and oxygen atoms in total. The lowest BCUT2D eigenvalue weighted by Crippen LogP contribution is -2.33. The molecule has 0 spiro atoms. The summed E-state index contributed by atoms with van der Waals surface area (Å²) >= 11 is 0. The number of amides is 1. The van der Waals surface area contributed by atoms with Gasteiger partial charge in [0.2, 0.25) is 5.91 Å². The molecule has 0 radical (unpaired) electrons. The Bertz CT molecular complexity index is 528. The Morgan fingerprint density at radius 2 is 2.28 bits per heavy atom. The third-order valence-electron chi connectivity index (χ3n) is 3.09. The summed E-state index contributed by atoms with van der Waals surface area (Å²) < 4.78 is 22.6. The molecule has 2 rings (SSSR count). The van der Waals surface area contributed by atoms with E-state index < -0.39 is 15.8 Å². The number of nitrogens with zero attached hydrogens (tertiary/aromatic N) is 1. The van der Waals surface area contributed by atoms with Crippen LogP contribution in [0.5, 0.6) is 0 Å². The zero-order valence-electron chi connectivity index (χ0n) is 10.2. The van der Waals surface area contributed by atoms with E-state index in [1.54, 1.807) is 6.20 Å². The maximum absolute atomic E-state index is 11.9. The molecule has 1 saturated heterocycles. The Kier molecular flexibility index (Phi) is 3.65. The molecule has 0 saturated carbocycles. The summed E-state index contributed by atoms with van der Waals surface area (Å²) in [4.78, 5) is 16.1. The molecule has 1 N–H and O–H groups in total. The summed E-state index contributed by atoms with van der Waals surface area (Å²) in [5.41, 5.74) is 0.770. The molecule has 1 aromatic heterocycles. The van der Waals surface area contributed by atoms with E-state index >= 15 is 0 Å². The highest BCUT2D eigenvalue weighted by Crippen LogP contribution is 2.19. The van der Waals surface area contributed by atoms with Crippen molar-refractivity contribution in [1.82, 2.24) is 10.3 Å². The number of sulfone groups is 1. The number of carbonyl (C=O) groups is 1. The van der Waals surface area contributed by atoms with Gasteiger partial charge in [0.15, 0.2) is 9.84 Å². The highest BCUT2D eigenvalue weighted by atomic mass is 32.2. The first-order valence-electron chi connectivity index (χ1n) is 5.90. The highest BCUT2D eigenvalue weighted by Gasteiger charge is 2.33. The summed E-state index contributed by atoms with van der Waals surface area (Å²) in [7, 11) is -3.02. The number of hydrogen-bond donors (Lipinski definition) is 1. The van der Waals surface area contributed by atoms with Crippen LogP contribution in [0.15, 0.2) is 24.4 Å². The molecule has 1 aliphatic heterocycles. The lowest BCUT2D eigenvalue weighted by molar-refractivity contribution is -0.124. The zero-order chi connectivity index (χ0) is 13.2. The summed E-state index contributed by atoms with van der Waals surface area (Å²) in [6.45, 7) is 1.84. The predicted molar refractivity (Wildman–Crippen MR) is 67.6 cm³/mol. The second-order valence-corrected chi connectivity index (χ2v) is 6.81. The van der Waals surface area contributed by atoms with Gasteiger partial charge in [-0.15, -0.1) is 0 Å². The molecule has 1 aliphatic rings. The Balaban J connectivity index is 1.96. The van der Waals surface area contributed by atoms with Crippen LogP contribution in [0.4, 0.5) is 0 Å². The fourth-order valence-corrected chi connectivity index (χ4v) is 3.78. The maximum atomic E-state index is 11.9. The van der Waals surface area contributed by atoms with Gasteiger partial charge in [-0.3, -0.25) is 9.78 Å². The van der Waals surface area contributed by atoms with Crippen molar-refractivity contribution in [1.29, 1.82) is 0 Å². The molecule has 0 bridgehead atoms. The minimum atomic E-state index is -3.02. The lowest BCUT2D eigenvalue weighted by atomic mass is 10.1. The van der Waals surface area contributed by atoms with Crippen LogP contribution in [-0.2, 0) is 14.6 Å². The molecule has 1 fully saturated rings. The topological polar surface area (TPSA) is 76.1 Å². The van der Waals surface area contributed by atoms with Gasteiger partial charge in [-0.05, 0) is 25.5 Å². The first-order valence-corrected chi connectivity index (χ1v) is 7.72. The SMILES string of the molecule is C[C@@H](NC(=O)[C@@H]1CCS(=O)(=O)C1)c1ccccn1. The van der Waals surface area contributed by atoms with Crippen LogP contribution in [0.25, 0.3) is 0 Å². The van der Waals surface area contributed by atoms with Gasteiger partial charge in [0.25, 0.3) is 0 Å².